The Morgan fingerprint density at radius 3 is 3.00 bits per heavy atom. The summed E-state index contributed by atoms with van der Waals surface area (Å²) in [5.41, 5.74) is 0. The highest BCUT2D eigenvalue weighted by atomic mass is 16.5. The number of aryl methyl sites for hydroxylation is 1. The van der Waals surface area contributed by atoms with E-state index in [2.05, 4.69) is 20.4 Å². The minimum absolute atomic E-state index is 0.149. The van der Waals surface area contributed by atoms with Crippen LogP contribution in [0.2, 0.25) is 0 Å². The standard InChI is InChI=1S/C15H19N5O2/c1-11-17-14(19-22-11)12-7-3-2-6-10-20(12)15(21)18-13-8-4-5-9-16-13/h4-5,8-9,12H,2-3,6-7,10H2,1H3,(H,16,18,21)/t12-/m1/s1. The van der Waals surface area contributed by atoms with Crippen LogP contribution in [0, 0.1) is 6.92 Å². The molecule has 2 amide bonds. The molecular formula is C15H19N5O2. The number of hydrogen-bond donors (Lipinski definition) is 1. The minimum Gasteiger partial charge on any atom is -0.340 e. The van der Waals surface area contributed by atoms with Gasteiger partial charge in [-0.05, 0) is 25.0 Å². The number of likely N-dealkylation sites (tertiary alicyclic amines) is 1. The van der Waals surface area contributed by atoms with Gasteiger partial charge in [0.25, 0.3) is 0 Å². The number of rotatable bonds is 2. The predicted molar refractivity (Wildman–Crippen MR) is 80.2 cm³/mol. The Hall–Kier alpha value is -2.44. The van der Waals surface area contributed by atoms with Gasteiger partial charge in [0, 0.05) is 19.7 Å². The molecule has 7 nitrogen and oxygen atoms in total. The number of carbonyl (C=O) groups excluding carboxylic acids is 1. The van der Waals surface area contributed by atoms with Crippen molar-refractivity contribution in [2.45, 2.75) is 38.6 Å². The van der Waals surface area contributed by atoms with E-state index in [1.807, 2.05) is 12.1 Å². The number of anilines is 1. The second-order valence-electron chi connectivity index (χ2n) is 5.38. The van der Waals surface area contributed by atoms with Crippen molar-refractivity contribution in [3.05, 3.63) is 36.1 Å². The molecule has 7 heteroatoms. The van der Waals surface area contributed by atoms with Gasteiger partial charge in [0.15, 0.2) is 5.82 Å². The highest BCUT2D eigenvalue weighted by molar-refractivity contribution is 5.88. The zero-order valence-electron chi connectivity index (χ0n) is 12.5. The molecule has 1 atom stereocenters. The third-order valence-corrected chi connectivity index (χ3v) is 3.75. The van der Waals surface area contributed by atoms with Crippen LogP contribution in [0.5, 0.6) is 0 Å². The third-order valence-electron chi connectivity index (χ3n) is 3.75. The van der Waals surface area contributed by atoms with Gasteiger partial charge in [-0.1, -0.05) is 24.1 Å². The molecule has 0 saturated carbocycles. The van der Waals surface area contributed by atoms with Crippen molar-refractivity contribution in [3.8, 4) is 0 Å². The number of pyridine rings is 1. The quantitative estimate of drug-likeness (QED) is 0.922. The molecule has 1 N–H and O–H groups in total. The summed E-state index contributed by atoms with van der Waals surface area (Å²) >= 11 is 0. The zero-order chi connectivity index (χ0) is 15.4. The second kappa shape index (κ2) is 6.55. The molecule has 0 unspecified atom stereocenters. The molecule has 1 saturated heterocycles. The lowest BCUT2D eigenvalue weighted by molar-refractivity contribution is 0.184. The van der Waals surface area contributed by atoms with Gasteiger partial charge in [0.1, 0.15) is 5.82 Å². The Morgan fingerprint density at radius 1 is 1.36 bits per heavy atom. The Bertz CT molecular complexity index is 628. The van der Waals surface area contributed by atoms with Gasteiger partial charge in [-0.3, -0.25) is 5.32 Å². The summed E-state index contributed by atoms with van der Waals surface area (Å²) in [7, 11) is 0. The van der Waals surface area contributed by atoms with Crippen molar-refractivity contribution in [2.24, 2.45) is 0 Å². The van der Waals surface area contributed by atoms with Gasteiger partial charge in [-0.25, -0.2) is 9.78 Å². The van der Waals surface area contributed by atoms with E-state index in [-0.39, 0.29) is 12.1 Å². The monoisotopic (exact) mass is 301 g/mol. The van der Waals surface area contributed by atoms with Crippen molar-refractivity contribution in [2.75, 3.05) is 11.9 Å². The van der Waals surface area contributed by atoms with E-state index in [1.165, 1.54) is 0 Å². The number of urea groups is 1. The fraction of sp³-hybridized carbons (Fsp3) is 0.467. The first-order valence-electron chi connectivity index (χ1n) is 7.53. The van der Waals surface area contributed by atoms with Gasteiger partial charge in [-0.2, -0.15) is 4.98 Å². The molecule has 1 aliphatic rings. The number of carbonyl (C=O) groups is 1. The van der Waals surface area contributed by atoms with Crippen molar-refractivity contribution in [1.29, 1.82) is 0 Å². The topological polar surface area (TPSA) is 84.2 Å². The van der Waals surface area contributed by atoms with Gasteiger partial charge in [0.05, 0.1) is 6.04 Å². The van der Waals surface area contributed by atoms with Crippen LogP contribution in [0.3, 0.4) is 0 Å². The maximum Gasteiger partial charge on any atom is 0.323 e. The summed E-state index contributed by atoms with van der Waals surface area (Å²) in [5, 5.41) is 6.83. The Labute approximate surface area is 128 Å². The molecule has 0 bridgehead atoms. The van der Waals surface area contributed by atoms with E-state index in [0.29, 0.717) is 24.1 Å². The molecular weight excluding hydrogens is 282 g/mol. The summed E-state index contributed by atoms with van der Waals surface area (Å²) in [6, 6.07) is 5.09. The largest absolute Gasteiger partial charge is 0.340 e. The van der Waals surface area contributed by atoms with Crippen molar-refractivity contribution in [3.63, 3.8) is 0 Å². The maximum absolute atomic E-state index is 12.6. The van der Waals surface area contributed by atoms with Crippen LogP contribution in [0.4, 0.5) is 10.6 Å². The minimum atomic E-state index is -0.173. The van der Waals surface area contributed by atoms with Gasteiger partial charge in [0.2, 0.25) is 5.89 Å². The van der Waals surface area contributed by atoms with Crippen LogP contribution in [0.15, 0.2) is 28.9 Å². The van der Waals surface area contributed by atoms with Gasteiger partial charge in [-0.15, -0.1) is 0 Å². The van der Waals surface area contributed by atoms with Crippen LogP contribution in [0.1, 0.15) is 43.4 Å². The smallest absolute Gasteiger partial charge is 0.323 e. The average Bonchev–Trinajstić information content (AvgIpc) is 2.81. The molecule has 0 spiro atoms. The first-order chi connectivity index (χ1) is 10.7. The van der Waals surface area contributed by atoms with Crippen LogP contribution < -0.4 is 5.32 Å². The fourth-order valence-electron chi connectivity index (χ4n) is 2.69. The number of aromatic nitrogens is 3. The van der Waals surface area contributed by atoms with Gasteiger partial charge >= 0.3 is 6.03 Å². The fourth-order valence-corrected chi connectivity index (χ4v) is 2.69. The van der Waals surface area contributed by atoms with E-state index in [9.17, 15) is 4.79 Å². The van der Waals surface area contributed by atoms with E-state index < -0.39 is 0 Å². The number of nitrogens with zero attached hydrogens (tertiary/aromatic N) is 4. The maximum atomic E-state index is 12.6. The molecule has 0 radical (unpaired) electrons. The summed E-state index contributed by atoms with van der Waals surface area (Å²) in [6.07, 6.45) is 5.61. The summed E-state index contributed by atoms with van der Waals surface area (Å²) in [4.78, 5) is 22.8. The van der Waals surface area contributed by atoms with E-state index in [4.69, 9.17) is 4.52 Å². The van der Waals surface area contributed by atoms with Crippen LogP contribution >= 0.6 is 0 Å². The highest BCUT2D eigenvalue weighted by Gasteiger charge is 2.30. The lowest BCUT2D eigenvalue weighted by Crippen LogP contribution is -2.38. The first-order valence-corrected chi connectivity index (χ1v) is 7.53. The second-order valence-corrected chi connectivity index (χ2v) is 5.38. The molecule has 2 aromatic heterocycles. The molecule has 0 aromatic carbocycles. The molecule has 0 aliphatic carbocycles. The number of nitrogens with one attached hydrogen (secondary N) is 1. The van der Waals surface area contributed by atoms with Crippen molar-refractivity contribution in [1.82, 2.24) is 20.0 Å². The van der Waals surface area contributed by atoms with E-state index in [0.717, 1.165) is 25.7 Å². The summed E-state index contributed by atoms with van der Waals surface area (Å²) in [5.74, 6) is 1.64. The Morgan fingerprint density at radius 2 is 2.27 bits per heavy atom. The number of hydrogen-bond acceptors (Lipinski definition) is 5. The van der Waals surface area contributed by atoms with Crippen LogP contribution in [0.25, 0.3) is 0 Å². The van der Waals surface area contributed by atoms with E-state index >= 15 is 0 Å². The molecule has 1 fully saturated rings. The molecule has 2 aromatic rings. The van der Waals surface area contributed by atoms with Crippen LogP contribution in [-0.2, 0) is 0 Å². The summed E-state index contributed by atoms with van der Waals surface area (Å²) in [6.45, 7) is 2.43. The molecule has 1 aliphatic heterocycles. The molecule has 22 heavy (non-hydrogen) atoms. The van der Waals surface area contributed by atoms with E-state index in [1.54, 1.807) is 24.1 Å². The zero-order valence-corrected chi connectivity index (χ0v) is 12.5. The average molecular weight is 301 g/mol. The van der Waals surface area contributed by atoms with Crippen molar-refractivity contribution < 1.29 is 9.32 Å². The lowest BCUT2D eigenvalue weighted by atomic mass is 10.1. The predicted octanol–water partition coefficient (Wildman–Crippen LogP) is 2.92. The molecule has 3 rings (SSSR count). The highest BCUT2D eigenvalue weighted by Crippen LogP contribution is 2.28. The molecule has 116 valence electrons. The molecule has 3 heterocycles. The van der Waals surface area contributed by atoms with Crippen molar-refractivity contribution >= 4 is 11.8 Å². The first kappa shape index (κ1) is 14.5. The Balaban J connectivity index is 1.79. The SMILES string of the molecule is Cc1nc([C@H]2CCCCCN2C(=O)Nc2ccccn2)no1. The van der Waals surface area contributed by atoms with Crippen LogP contribution in [-0.4, -0.2) is 32.6 Å². The number of amides is 2. The van der Waals surface area contributed by atoms with Gasteiger partial charge < -0.3 is 9.42 Å². The third kappa shape index (κ3) is 3.24. The normalized spacial score (nSPS) is 18.8. The summed E-state index contributed by atoms with van der Waals surface area (Å²) < 4.78 is 5.07. The lowest BCUT2D eigenvalue weighted by Gasteiger charge is -2.27. The Kier molecular flexibility index (Phi) is 4.32.